The Balaban J connectivity index is 2.92. The van der Waals surface area contributed by atoms with Crippen molar-refractivity contribution in [3.05, 3.63) is 0 Å². The molecule has 1 fully saturated rings. The SMILES string of the molecule is CCC(C)(CN)C(=O)N1CCC(C(=O)O)(C(C)C)C1. The lowest BCUT2D eigenvalue weighted by Gasteiger charge is -2.33. The van der Waals surface area contributed by atoms with Gasteiger partial charge in [0.25, 0.3) is 0 Å². The first-order chi connectivity index (χ1) is 8.73. The van der Waals surface area contributed by atoms with Crippen LogP contribution in [0, 0.1) is 16.7 Å². The Kier molecular flexibility index (Phi) is 4.61. The third-order valence-electron chi connectivity index (χ3n) is 4.87. The molecule has 1 saturated heterocycles. The van der Waals surface area contributed by atoms with Crippen LogP contribution >= 0.6 is 0 Å². The van der Waals surface area contributed by atoms with E-state index >= 15 is 0 Å². The number of carbonyl (C=O) groups is 2. The van der Waals surface area contributed by atoms with E-state index in [2.05, 4.69) is 0 Å². The monoisotopic (exact) mass is 270 g/mol. The van der Waals surface area contributed by atoms with Crippen LogP contribution in [0.4, 0.5) is 0 Å². The highest BCUT2D eigenvalue weighted by Crippen LogP contribution is 2.39. The van der Waals surface area contributed by atoms with Crippen LogP contribution < -0.4 is 5.73 Å². The summed E-state index contributed by atoms with van der Waals surface area (Å²) in [7, 11) is 0. The van der Waals surface area contributed by atoms with Gasteiger partial charge in [0.05, 0.1) is 10.8 Å². The number of nitrogens with two attached hydrogens (primary N) is 1. The van der Waals surface area contributed by atoms with Crippen LogP contribution in [0.1, 0.15) is 40.5 Å². The molecule has 0 aromatic rings. The van der Waals surface area contributed by atoms with Crippen molar-refractivity contribution in [2.24, 2.45) is 22.5 Å². The van der Waals surface area contributed by atoms with Crippen molar-refractivity contribution in [1.82, 2.24) is 4.90 Å². The predicted octanol–water partition coefficient (Wildman–Crippen LogP) is 1.32. The largest absolute Gasteiger partial charge is 0.481 e. The van der Waals surface area contributed by atoms with E-state index in [1.165, 1.54) is 0 Å². The number of nitrogens with zero attached hydrogens (tertiary/aromatic N) is 1. The summed E-state index contributed by atoms with van der Waals surface area (Å²) in [6, 6.07) is 0. The predicted molar refractivity (Wildman–Crippen MR) is 73.6 cm³/mol. The molecule has 110 valence electrons. The fraction of sp³-hybridized carbons (Fsp3) is 0.857. The fourth-order valence-corrected chi connectivity index (χ4v) is 2.66. The van der Waals surface area contributed by atoms with Gasteiger partial charge in [0.1, 0.15) is 0 Å². The van der Waals surface area contributed by atoms with Crippen molar-refractivity contribution in [1.29, 1.82) is 0 Å². The molecule has 2 unspecified atom stereocenters. The van der Waals surface area contributed by atoms with Crippen molar-refractivity contribution in [3.8, 4) is 0 Å². The lowest BCUT2D eigenvalue weighted by Crippen LogP contribution is -2.47. The maximum Gasteiger partial charge on any atom is 0.311 e. The second-order valence-corrected chi connectivity index (χ2v) is 6.21. The molecule has 1 amide bonds. The summed E-state index contributed by atoms with van der Waals surface area (Å²) < 4.78 is 0. The van der Waals surface area contributed by atoms with E-state index < -0.39 is 16.8 Å². The van der Waals surface area contributed by atoms with E-state index in [-0.39, 0.29) is 11.8 Å². The maximum atomic E-state index is 12.5. The van der Waals surface area contributed by atoms with E-state index in [0.29, 0.717) is 32.5 Å². The lowest BCUT2D eigenvalue weighted by molar-refractivity contribution is -0.152. The lowest BCUT2D eigenvalue weighted by atomic mass is 9.76. The minimum absolute atomic E-state index is 0.00793. The van der Waals surface area contributed by atoms with Crippen molar-refractivity contribution in [3.63, 3.8) is 0 Å². The molecule has 2 atom stereocenters. The first kappa shape index (κ1) is 16.0. The van der Waals surface area contributed by atoms with E-state index in [4.69, 9.17) is 5.73 Å². The van der Waals surface area contributed by atoms with E-state index in [1.807, 2.05) is 27.7 Å². The number of carboxylic acids is 1. The van der Waals surface area contributed by atoms with Gasteiger partial charge in [-0.1, -0.05) is 20.8 Å². The summed E-state index contributed by atoms with van der Waals surface area (Å²) >= 11 is 0. The molecule has 5 nitrogen and oxygen atoms in total. The molecule has 0 bridgehead atoms. The van der Waals surface area contributed by atoms with Crippen LogP contribution in [-0.2, 0) is 9.59 Å². The number of amides is 1. The first-order valence-corrected chi connectivity index (χ1v) is 6.96. The number of likely N-dealkylation sites (tertiary alicyclic amines) is 1. The van der Waals surface area contributed by atoms with Crippen LogP contribution in [0.3, 0.4) is 0 Å². The number of rotatable bonds is 5. The van der Waals surface area contributed by atoms with E-state index in [9.17, 15) is 14.7 Å². The molecule has 0 aromatic heterocycles. The Labute approximate surface area is 115 Å². The Morgan fingerprint density at radius 1 is 1.47 bits per heavy atom. The number of hydrogen-bond donors (Lipinski definition) is 2. The van der Waals surface area contributed by atoms with Gasteiger partial charge in [-0.05, 0) is 25.7 Å². The van der Waals surface area contributed by atoms with Crippen LogP contribution in [0.15, 0.2) is 0 Å². The highest BCUT2D eigenvalue weighted by Gasteiger charge is 2.50. The summed E-state index contributed by atoms with van der Waals surface area (Å²) in [6.45, 7) is 8.71. The average molecular weight is 270 g/mol. The number of carbonyl (C=O) groups excluding carboxylic acids is 1. The third kappa shape index (κ3) is 2.61. The number of carboxylic acid groups (broad SMARTS) is 1. The highest BCUT2D eigenvalue weighted by molar-refractivity contribution is 5.85. The molecule has 3 N–H and O–H groups in total. The van der Waals surface area contributed by atoms with Crippen LogP contribution in [0.25, 0.3) is 0 Å². The van der Waals surface area contributed by atoms with Crippen molar-refractivity contribution >= 4 is 11.9 Å². The summed E-state index contributed by atoms with van der Waals surface area (Å²) in [5.41, 5.74) is 4.32. The first-order valence-electron chi connectivity index (χ1n) is 6.96. The molecule has 1 aliphatic rings. The Morgan fingerprint density at radius 3 is 2.37 bits per heavy atom. The molecule has 1 heterocycles. The van der Waals surface area contributed by atoms with Gasteiger partial charge in [0, 0.05) is 19.6 Å². The third-order valence-corrected chi connectivity index (χ3v) is 4.87. The zero-order chi connectivity index (χ0) is 14.8. The average Bonchev–Trinajstić information content (AvgIpc) is 2.83. The quantitative estimate of drug-likeness (QED) is 0.789. The minimum Gasteiger partial charge on any atom is -0.481 e. The Bertz CT molecular complexity index is 364. The molecule has 1 rings (SSSR count). The normalized spacial score (nSPS) is 26.5. The second-order valence-electron chi connectivity index (χ2n) is 6.21. The van der Waals surface area contributed by atoms with Crippen LogP contribution in [0.5, 0.6) is 0 Å². The molecule has 0 aliphatic carbocycles. The summed E-state index contributed by atoms with van der Waals surface area (Å²) in [5.74, 6) is -0.807. The van der Waals surface area contributed by atoms with Crippen LogP contribution in [0.2, 0.25) is 0 Å². The highest BCUT2D eigenvalue weighted by atomic mass is 16.4. The molecule has 1 aliphatic heterocycles. The van der Waals surface area contributed by atoms with Gasteiger partial charge in [-0.3, -0.25) is 9.59 Å². The zero-order valence-corrected chi connectivity index (χ0v) is 12.4. The van der Waals surface area contributed by atoms with Gasteiger partial charge >= 0.3 is 5.97 Å². The molecule has 0 aromatic carbocycles. The van der Waals surface area contributed by atoms with Gasteiger partial charge < -0.3 is 15.7 Å². The van der Waals surface area contributed by atoms with Crippen molar-refractivity contribution in [2.75, 3.05) is 19.6 Å². The zero-order valence-electron chi connectivity index (χ0n) is 12.4. The van der Waals surface area contributed by atoms with Gasteiger partial charge in [0.15, 0.2) is 0 Å². The molecule has 5 heteroatoms. The van der Waals surface area contributed by atoms with Crippen molar-refractivity contribution < 1.29 is 14.7 Å². The summed E-state index contributed by atoms with van der Waals surface area (Å²) in [5, 5.41) is 9.49. The molecule has 0 spiro atoms. The van der Waals surface area contributed by atoms with Crippen molar-refractivity contribution in [2.45, 2.75) is 40.5 Å². The Hall–Kier alpha value is -1.10. The number of aliphatic carboxylic acids is 1. The van der Waals surface area contributed by atoms with E-state index in [0.717, 1.165) is 0 Å². The number of hydrogen-bond acceptors (Lipinski definition) is 3. The van der Waals surface area contributed by atoms with Gasteiger partial charge in [-0.25, -0.2) is 0 Å². The van der Waals surface area contributed by atoms with Gasteiger partial charge in [0.2, 0.25) is 5.91 Å². The molecular weight excluding hydrogens is 244 g/mol. The molecular formula is C14H26N2O3. The van der Waals surface area contributed by atoms with Gasteiger partial charge in [-0.15, -0.1) is 0 Å². The standard InChI is InChI=1S/C14H26N2O3/c1-5-13(4,8-15)11(17)16-7-6-14(9-16,10(2)3)12(18)19/h10H,5-9,15H2,1-4H3,(H,18,19). The Morgan fingerprint density at radius 2 is 2.05 bits per heavy atom. The van der Waals surface area contributed by atoms with Crippen LogP contribution in [-0.4, -0.2) is 41.5 Å². The fourth-order valence-electron chi connectivity index (χ4n) is 2.66. The maximum absolute atomic E-state index is 12.5. The second kappa shape index (κ2) is 5.49. The molecule has 0 radical (unpaired) electrons. The minimum atomic E-state index is -0.807. The summed E-state index contributed by atoms with van der Waals surface area (Å²) in [4.78, 5) is 25.8. The molecule has 0 saturated carbocycles. The molecule has 19 heavy (non-hydrogen) atoms. The van der Waals surface area contributed by atoms with E-state index in [1.54, 1.807) is 4.90 Å². The van der Waals surface area contributed by atoms with Gasteiger partial charge in [-0.2, -0.15) is 0 Å². The topological polar surface area (TPSA) is 83.6 Å². The smallest absolute Gasteiger partial charge is 0.311 e. The summed E-state index contributed by atoms with van der Waals surface area (Å²) in [6.07, 6.45) is 1.19.